The second-order valence-electron chi connectivity index (χ2n) is 2.45. The molecule has 0 heterocycles. The van der Waals surface area contributed by atoms with Gasteiger partial charge < -0.3 is 5.73 Å². The molecule has 76 valence electrons. The number of amidine groups is 1. The van der Waals surface area contributed by atoms with Crippen LogP contribution in [0.4, 0.5) is 10.1 Å². The third kappa shape index (κ3) is 2.93. The van der Waals surface area contributed by atoms with Crippen molar-refractivity contribution in [3.63, 3.8) is 0 Å². The monoisotopic (exact) mass is 342 g/mol. The average Bonchev–Trinajstić information content (AvgIpc) is 2.10. The van der Waals surface area contributed by atoms with Gasteiger partial charge in [-0.2, -0.15) is 0 Å². The van der Waals surface area contributed by atoms with Gasteiger partial charge in [0.25, 0.3) is 0 Å². The molecule has 0 amide bonds. The van der Waals surface area contributed by atoms with E-state index in [9.17, 15) is 4.39 Å². The Balaban J connectivity index is 3.21. The zero-order valence-electron chi connectivity index (χ0n) is 6.90. The average molecular weight is 344 g/mol. The molecule has 0 aliphatic carbocycles. The fraction of sp³-hybridized carbons (Fsp3) is 0.125. The lowest BCUT2D eigenvalue weighted by Crippen LogP contribution is -2.12. The largest absolute Gasteiger partial charge is 0.386 e. The SMILES string of the molecule is NC(CCl)=Nc1c(F)cc(Br)cc1Br. The first-order valence-electron chi connectivity index (χ1n) is 3.58. The van der Waals surface area contributed by atoms with Crippen LogP contribution in [0.1, 0.15) is 0 Å². The van der Waals surface area contributed by atoms with Crippen LogP contribution in [0.3, 0.4) is 0 Å². The molecule has 0 aliphatic heterocycles. The van der Waals surface area contributed by atoms with Crippen molar-refractivity contribution in [1.29, 1.82) is 0 Å². The fourth-order valence-electron chi connectivity index (χ4n) is 0.815. The van der Waals surface area contributed by atoms with Gasteiger partial charge in [0.2, 0.25) is 0 Å². The van der Waals surface area contributed by atoms with Gasteiger partial charge in [0.15, 0.2) is 5.82 Å². The van der Waals surface area contributed by atoms with Gasteiger partial charge in [-0.15, -0.1) is 11.6 Å². The molecule has 0 atom stereocenters. The van der Waals surface area contributed by atoms with Gasteiger partial charge in [-0.25, -0.2) is 9.38 Å². The van der Waals surface area contributed by atoms with Crippen molar-refractivity contribution in [2.75, 3.05) is 5.88 Å². The van der Waals surface area contributed by atoms with Gasteiger partial charge in [0, 0.05) is 8.95 Å². The zero-order chi connectivity index (χ0) is 10.7. The molecule has 14 heavy (non-hydrogen) atoms. The van der Waals surface area contributed by atoms with E-state index in [1.807, 2.05) is 0 Å². The summed E-state index contributed by atoms with van der Waals surface area (Å²) in [6.07, 6.45) is 0. The molecule has 0 unspecified atom stereocenters. The van der Waals surface area contributed by atoms with Crippen molar-refractivity contribution in [3.8, 4) is 0 Å². The number of nitrogens with zero attached hydrogens (tertiary/aromatic N) is 1. The van der Waals surface area contributed by atoms with Gasteiger partial charge >= 0.3 is 0 Å². The molecule has 0 saturated heterocycles. The number of hydrogen-bond donors (Lipinski definition) is 1. The number of aliphatic imine (C=N–C) groups is 1. The van der Waals surface area contributed by atoms with E-state index < -0.39 is 5.82 Å². The predicted molar refractivity (Wildman–Crippen MR) is 63.8 cm³/mol. The second kappa shape index (κ2) is 5.09. The standard InChI is InChI=1S/C8H6Br2ClFN2/c9-4-1-5(10)8(6(12)2-4)14-7(13)3-11/h1-2H,3H2,(H2,13,14). The first-order valence-corrected chi connectivity index (χ1v) is 5.70. The Morgan fingerprint density at radius 1 is 1.50 bits per heavy atom. The quantitative estimate of drug-likeness (QED) is 0.497. The molecule has 0 saturated carbocycles. The lowest BCUT2D eigenvalue weighted by atomic mass is 10.3. The minimum absolute atomic E-state index is 0.0714. The Morgan fingerprint density at radius 2 is 2.14 bits per heavy atom. The van der Waals surface area contributed by atoms with Crippen molar-refractivity contribution in [3.05, 3.63) is 26.9 Å². The number of hydrogen-bond acceptors (Lipinski definition) is 1. The number of nitrogens with two attached hydrogens (primary N) is 1. The molecule has 6 heteroatoms. The Labute approximate surface area is 103 Å². The zero-order valence-corrected chi connectivity index (χ0v) is 10.8. The summed E-state index contributed by atoms with van der Waals surface area (Å²) in [6.45, 7) is 0. The molecule has 0 aromatic heterocycles. The molecule has 0 spiro atoms. The van der Waals surface area contributed by atoms with E-state index in [1.54, 1.807) is 6.07 Å². The summed E-state index contributed by atoms with van der Waals surface area (Å²) in [4.78, 5) is 3.84. The molecule has 1 aromatic rings. The lowest BCUT2D eigenvalue weighted by Gasteiger charge is -2.02. The van der Waals surface area contributed by atoms with Crippen LogP contribution >= 0.6 is 43.5 Å². The molecule has 0 radical (unpaired) electrons. The highest BCUT2D eigenvalue weighted by molar-refractivity contribution is 9.11. The van der Waals surface area contributed by atoms with Crippen LogP contribution in [0.2, 0.25) is 0 Å². The summed E-state index contributed by atoms with van der Waals surface area (Å²) in [5.74, 6) is -0.213. The maximum atomic E-state index is 13.3. The molecule has 1 aromatic carbocycles. The molecule has 1 rings (SSSR count). The van der Waals surface area contributed by atoms with Gasteiger partial charge in [0.1, 0.15) is 11.5 Å². The molecule has 0 bridgehead atoms. The Morgan fingerprint density at radius 3 is 2.64 bits per heavy atom. The maximum absolute atomic E-state index is 13.3. The van der Waals surface area contributed by atoms with Crippen molar-refractivity contribution in [2.24, 2.45) is 10.7 Å². The van der Waals surface area contributed by atoms with E-state index in [0.717, 1.165) is 0 Å². The summed E-state index contributed by atoms with van der Waals surface area (Å²) in [5.41, 5.74) is 5.56. The van der Waals surface area contributed by atoms with Crippen LogP contribution in [0.5, 0.6) is 0 Å². The van der Waals surface area contributed by atoms with Crippen molar-refractivity contribution in [2.45, 2.75) is 0 Å². The summed E-state index contributed by atoms with van der Waals surface area (Å²) >= 11 is 11.8. The van der Waals surface area contributed by atoms with E-state index in [0.29, 0.717) is 8.95 Å². The highest BCUT2D eigenvalue weighted by Gasteiger charge is 2.07. The molecule has 0 aliphatic rings. The van der Waals surface area contributed by atoms with Crippen LogP contribution in [0.15, 0.2) is 26.1 Å². The van der Waals surface area contributed by atoms with E-state index >= 15 is 0 Å². The smallest absolute Gasteiger partial charge is 0.151 e. The first kappa shape index (κ1) is 11.9. The summed E-state index contributed by atoms with van der Waals surface area (Å²) in [5, 5.41) is 0. The predicted octanol–water partition coefficient (Wildman–Crippen LogP) is 3.58. The van der Waals surface area contributed by atoms with Gasteiger partial charge in [-0.3, -0.25) is 0 Å². The topological polar surface area (TPSA) is 38.4 Å². The van der Waals surface area contributed by atoms with Crippen molar-refractivity contribution < 1.29 is 4.39 Å². The van der Waals surface area contributed by atoms with Crippen molar-refractivity contribution in [1.82, 2.24) is 0 Å². The van der Waals surface area contributed by atoms with Crippen molar-refractivity contribution >= 4 is 55.0 Å². The Bertz CT molecular complexity index is 359. The highest BCUT2D eigenvalue weighted by atomic mass is 79.9. The van der Waals surface area contributed by atoms with E-state index in [-0.39, 0.29) is 17.4 Å². The Hall–Kier alpha value is -0.130. The van der Waals surface area contributed by atoms with E-state index in [4.69, 9.17) is 17.3 Å². The van der Waals surface area contributed by atoms with Gasteiger partial charge in [-0.05, 0) is 28.1 Å². The Kier molecular flexibility index (Phi) is 4.34. The minimum Gasteiger partial charge on any atom is -0.386 e. The number of halogens is 4. The second-order valence-corrected chi connectivity index (χ2v) is 4.49. The third-order valence-electron chi connectivity index (χ3n) is 1.37. The van der Waals surface area contributed by atoms with Gasteiger partial charge in [0.05, 0.1) is 5.88 Å². The highest BCUT2D eigenvalue weighted by Crippen LogP contribution is 2.31. The van der Waals surface area contributed by atoms with E-state index in [1.165, 1.54) is 6.07 Å². The first-order chi connectivity index (χ1) is 6.54. The maximum Gasteiger partial charge on any atom is 0.151 e. The summed E-state index contributed by atoms with van der Waals surface area (Å²) in [6, 6.07) is 2.99. The third-order valence-corrected chi connectivity index (χ3v) is 2.71. The molecule has 2 nitrogen and oxygen atoms in total. The number of alkyl halides is 1. The molecule has 0 fully saturated rings. The van der Waals surface area contributed by atoms with Gasteiger partial charge in [-0.1, -0.05) is 15.9 Å². The van der Waals surface area contributed by atoms with E-state index in [2.05, 4.69) is 36.9 Å². The van der Waals surface area contributed by atoms with Crippen LogP contribution in [0.25, 0.3) is 0 Å². The van der Waals surface area contributed by atoms with Crippen LogP contribution in [0, 0.1) is 5.82 Å². The fourth-order valence-corrected chi connectivity index (χ4v) is 2.14. The molecular weight excluding hydrogens is 338 g/mol. The lowest BCUT2D eigenvalue weighted by molar-refractivity contribution is 0.628. The number of rotatable bonds is 2. The normalized spacial score (nSPS) is 11.9. The summed E-state index contributed by atoms with van der Waals surface area (Å²) in [7, 11) is 0. The van der Waals surface area contributed by atoms with Crippen LogP contribution in [-0.4, -0.2) is 11.7 Å². The number of benzene rings is 1. The summed E-state index contributed by atoms with van der Waals surface area (Å²) < 4.78 is 14.5. The van der Waals surface area contributed by atoms with Crippen LogP contribution in [-0.2, 0) is 0 Å². The minimum atomic E-state index is -0.459. The molecule has 2 N–H and O–H groups in total. The van der Waals surface area contributed by atoms with Crippen LogP contribution < -0.4 is 5.73 Å². The molecular formula is C8H6Br2ClFN2.